The molecule has 0 spiro atoms. The molecule has 0 saturated heterocycles. The summed E-state index contributed by atoms with van der Waals surface area (Å²) in [6, 6.07) is 68.8. The van der Waals surface area contributed by atoms with Crippen molar-refractivity contribution in [2.75, 3.05) is 16.3 Å². The molecular weight excluding hydrogens is 989 g/mol. The Labute approximate surface area is 485 Å². The van der Waals surface area contributed by atoms with Crippen LogP contribution in [0.2, 0.25) is 0 Å². The highest BCUT2D eigenvalue weighted by Crippen LogP contribution is 2.38. The highest BCUT2D eigenvalue weighted by molar-refractivity contribution is 5.97. The third-order valence-corrected chi connectivity index (χ3v) is 16.2. The summed E-state index contributed by atoms with van der Waals surface area (Å²) in [5.41, 5.74) is 16.9. The van der Waals surface area contributed by atoms with E-state index in [0.29, 0.717) is 19.4 Å². The predicted molar refractivity (Wildman–Crippen MR) is 360 cm³/mol. The van der Waals surface area contributed by atoms with Gasteiger partial charge in [-0.05, 0) is 217 Å². The predicted octanol–water partition coefficient (Wildman–Crippen LogP) is 20.4. The maximum Gasteiger partial charge on any atom is 0.0464 e. The fraction of sp³-hybridized carbons (Fsp3) is 0.125. The molecule has 0 radical (unpaired) electrons. The van der Waals surface area contributed by atoms with Gasteiger partial charge in [0.05, 0.1) is 0 Å². The second kappa shape index (κ2) is 24.8. The lowest BCUT2D eigenvalue weighted by Crippen LogP contribution is -2.32. The first-order valence-corrected chi connectivity index (χ1v) is 28.9. The molecule has 0 saturated carbocycles. The Hall–Kier alpha value is -9.68. The maximum absolute atomic E-state index is 6.35. The number of anilines is 3. The zero-order valence-electron chi connectivity index (χ0n) is 47.8. The van der Waals surface area contributed by atoms with Crippen LogP contribution in [0.25, 0.3) is 95.7 Å². The molecule has 0 unspecified atom stereocenters. The van der Waals surface area contributed by atoms with Crippen molar-refractivity contribution < 1.29 is 0 Å². The fourth-order valence-corrected chi connectivity index (χ4v) is 11.9. The van der Waals surface area contributed by atoms with Crippen LogP contribution in [0.5, 0.6) is 0 Å². The Bertz CT molecular complexity index is 4450. The van der Waals surface area contributed by atoms with E-state index in [1.165, 1.54) is 54.6 Å². The number of allylic oxidation sites excluding steroid dienone is 8. The summed E-state index contributed by atoms with van der Waals surface area (Å²) < 4.78 is 0. The molecule has 0 heterocycles. The molecule has 2 nitrogen and oxygen atoms in total. The maximum atomic E-state index is 6.35. The minimum atomic E-state index is 0.434. The summed E-state index contributed by atoms with van der Waals surface area (Å²) in [5, 5.41) is 11.7. The number of terminal acetylenes is 1. The van der Waals surface area contributed by atoms with Crippen LogP contribution in [0.1, 0.15) is 75.1 Å². The lowest BCUT2D eigenvalue weighted by atomic mass is 9.83. The van der Waals surface area contributed by atoms with E-state index in [-0.39, 0.29) is 0 Å². The molecule has 0 amide bonds. The quantitative estimate of drug-likeness (QED) is 0.0662. The molecule has 0 bridgehead atoms. The largest absolute Gasteiger partial charge is 0.341 e. The van der Waals surface area contributed by atoms with Gasteiger partial charge in [-0.2, -0.15) is 0 Å². The van der Waals surface area contributed by atoms with Gasteiger partial charge in [0.2, 0.25) is 0 Å². The monoisotopic (exact) mass is 1060 g/mol. The minimum Gasteiger partial charge on any atom is -0.341 e. The Morgan fingerprint density at radius 2 is 1.11 bits per heavy atom. The molecule has 0 fully saturated rings. The van der Waals surface area contributed by atoms with Crippen molar-refractivity contribution >= 4 is 90.5 Å². The Morgan fingerprint density at radius 3 is 1.68 bits per heavy atom. The normalized spacial score (nSPS) is 13.5. The molecule has 0 aromatic heterocycles. The average Bonchev–Trinajstić information content (AvgIpc) is 2.69. The summed E-state index contributed by atoms with van der Waals surface area (Å²) in [4.78, 5) is 4.85. The molecule has 2 heteroatoms. The van der Waals surface area contributed by atoms with Crippen LogP contribution in [0.3, 0.4) is 0 Å². The van der Waals surface area contributed by atoms with Crippen molar-refractivity contribution in [2.24, 2.45) is 0 Å². The van der Waals surface area contributed by atoms with Crippen molar-refractivity contribution in [1.82, 2.24) is 0 Å². The molecule has 10 aromatic carbocycles. The van der Waals surface area contributed by atoms with Gasteiger partial charge >= 0.3 is 0 Å². The number of fused-ring (bicyclic) bond motifs is 4. The second-order valence-corrected chi connectivity index (χ2v) is 21.5. The zero-order chi connectivity index (χ0) is 56.5. The van der Waals surface area contributed by atoms with Gasteiger partial charge in [0.1, 0.15) is 0 Å². The number of rotatable bonds is 17. The Kier molecular flexibility index (Phi) is 16.4. The van der Waals surface area contributed by atoms with Crippen LogP contribution in [-0.4, -0.2) is 6.54 Å². The van der Waals surface area contributed by atoms with Crippen LogP contribution in [-0.2, 0) is 0 Å². The van der Waals surface area contributed by atoms with E-state index in [4.69, 9.17) is 13.0 Å². The first-order valence-electron chi connectivity index (χ1n) is 28.9. The van der Waals surface area contributed by atoms with Crippen molar-refractivity contribution in [3.8, 4) is 34.6 Å². The smallest absolute Gasteiger partial charge is 0.0464 e. The average molecular weight is 1060 g/mol. The fourth-order valence-electron chi connectivity index (χ4n) is 11.9. The summed E-state index contributed by atoms with van der Waals surface area (Å²) in [5.74, 6) is 3.04. The summed E-state index contributed by atoms with van der Waals surface area (Å²) >= 11 is 0. The van der Waals surface area contributed by atoms with E-state index in [1.54, 1.807) is 0 Å². The SMILES string of the molecule is C#CC/C=c1/c(-c2ccc3ccccc3c2)c(/C=C(\C)N(/C(C=C)=C/C2=C(C)CCC=C2)c2ccc3ccccc3c2)c(C=C)c(-c2ccc3ccccc3c2)/c1=C/CCN(c1ccc(C)c(/C=C\CC)c1)c1ccc2ccccc2c1. The van der Waals surface area contributed by atoms with Gasteiger partial charge in [-0.25, -0.2) is 0 Å². The molecule has 1 aliphatic rings. The van der Waals surface area contributed by atoms with Gasteiger partial charge in [0.15, 0.2) is 0 Å². The molecule has 0 atom stereocenters. The van der Waals surface area contributed by atoms with Gasteiger partial charge in [-0.1, -0.05) is 208 Å². The Balaban J connectivity index is 1.21. The van der Waals surface area contributed by atoms with E-state index in [2.05, 4.69) is 293 Å². The molecule has 1 aliphatic carbocycles. The van der Waals surface area contributed by atoms with Crippen LogP contribution in [0.4, 0.5) is 17.1 Å². The third kappa shape index (κ3) is 11.4. The molecule has 0 aliphatic heterocycles. The first-order chi connectivity index (χ1) is 40.2. The molecule has 11 rings (SSSR count). The zero-order valence-corrected chi connectivity index (χ0v) is 47.8. The van der Waals surface area contributed by atoms with Crippen molar-refractivity contribution in [3.63, 3.8) is 0 Å². The number of benzene rings is 10. The topological polar surface area (TPSA) is 6.48 Å². The second-order valence-electron chi connectivity index (χ2n) is 21.5. The lowest BCUT2D eigenvalue weighted by molar-refractivity contribution is 0.946. The number of nitrogens with zero attached hydrogens (tertiary/aromatic N) is 2. The van der Waals surface area contributed by atoms with E-state index < -0.39 is 0 Å². The van der Waals surface area contributed by atoms with Crippen LogP contribution < -0.4 is 20.2 Å². The highest BCUT2D eigenvalue weighted by Gasteiger charge is 2.22. The van der Waals surface area contributed by atoms with Crippen molar-refractivity contribution in [3.05, 3.63) is 287 Å². The first kappa shape index (κ1) is 54.3. The van der Waals surface area contributed by atoms with Gasteiger partial charge in [-0.15, -0.1) is 12.3 Å². The molecule has 0 N–H and O–H groups in total. The van der Waals surface area contributed by atoms with Crippen molar-refractivity contribution in [1.29, 1.82) is 0 Å². The van der Waals surface area contributed by atoms with E-state index in [9.17, 15) is 0 Å². The van der Waals surface area contributed by atoms with Gasteiger partial charge in [0, 0.05) is 41.4 Å². The lowest BCUT2D eigenvalue weighted by Gasteiger charge is -2.29. The third-order valence-electron chi connectivity index (χ3n) is 16.2. The number of aryl methyl sites for hydroxylation is 1. The highest BCUT2D eigenvalue weighted by atomic mass is 15.2. The standard InChI is InChI=1S/C80H70N2/c1-8-12-26-63-53-72(45-38-57(63)6)81(73-46-43-61-29-18-22-34-67(61)54-73)48-24-37-77-76(36-13-9-2)80(70-42-40-60-28-17-21-33-66(60)51-70)78(75(11-4)79(77)69-41-39-59-27-16-20-32-65(59)50-69)49-58(7)82(71(10-3)52-64-31-15-14-25-56(64)5)74-47-44-62-30-19-23-35-68(62)55-74/h2,10-12,15-23,26-47,49-55H,3-4,8,13-14,24-25,48H2,1,5-7H3/b26-12-,58-49+,71-52+,76-36+,77-37+. The summed E-state index contributed by atoms with van der Waals surface area (Å²) in [6.45, 7) is 18.8. The van der Waals surface area contributed by atoms with Gasteiger partial charge in [-0.3, -0.25) is 0 Å². The summed E-state index contributed by atoms with van der Waals surface area (Å²) in [6.07, 6.45) is 33.1. The number of hydrogen-bond donors (Lipinski definition) is 0. The van der Waals surface area contributed by atoms with E-state index in [1.807, 2.05) is 6.08 Å². The van der Waals surface area contributed by atoms with Crippen LogP contribution >= 0.6 is 0 Å². The molecule has 10 aromatic rings. The van der Waals surface area contributed by atoms with Crippen LogP contribution in [0, 0.1) is 19.3 Å². The van der Waals surface area contributed by atoms with Gasteiger partial charge in [0.25, 0.3) is 0 Å². The molecular formula is C80H70N2. The minimum absolute atomic E-state index is 0.434. The van der Waals surface area contributed by atoms with Crippen molar-refractivity contribution in [2.45, 2.75) is 59.8 Å². The van der Waals surface area contributed by atoms with Gasteiger partial charge < -0.3 is 9.80 Å². The molecule has 400 valence electrons. The summed E-state index contributed by atoms with van der Waals surface area (Å²) in [7, 11) is 0. The Morgan fingerprint density at radius 1 is 0.585 bits per heavy atom. The number of hydrogen-bond acceptors (Lipinski definition) is 2. The van der Waals surface area contributed by atoms with E-state index in [0.717, 1.165) is 102 Å². The van der Waals surface area contributed by atoms with E-state index >= 15 is 0 Å². The molecule has 82 heavy (non-hydrogen) atoms. The van der Waals surface area contributed by atoms with Crippen LogP contribution in [0.15, 0.2) is 254 Å².